The number of pyridine rings is 1. The number of rotatable bonds is 3. The second kappa shape index (κ2) is 9.44. The van der Waals surface area contributed by atoms with Crippen LogP contribution in [-0.4, -0.2) is 30.1 Å². The molecule has 0 saturated carbocycles. The average molecular weight is 521 g/mol. The molecule has 11 heteroatoms. The molecule has 3 heterocycles. The van der Waals surface area contributed by atoms with Gasteiger partial charge < -0.3 is 9.88 Å². The van der Waals surface area contributed by atoms with Crippen molar-refractivity contribution in [3.05, 3.63) is 107 Å². The number of benzene rings is 2. The number of imidazole rings is 1. The molecule has 0 bridgehead atoms. The van der Waals surface area contributed by atoms with Crippen molar-refractivity contribution in [3.8, 4) is 17.5 Å². The van der Waals surface area contributed by atoms with Crippen LogP contribution in [0.15, 0.2) is 73.3 Å². The molecule has 0 radical (unpaired) electrons. The molecule has 0 saturated heterocycles. The number of nitrogens with one attached hydrogen (secondary N) is 1. The van der Waals surface area contributed by atoms with E-state index in [0.29, 0.717) is 22.2 Å². The van der Waals surface area contributed by atoms with Gasteiger partial charge in [0.05, 0.1) is 11.9 Å². The van der Waals surface area contributed by atoms with Crippen LogP contribution >= 0.6 is 11.6 Å². The summed E-state index contributed by atoms with van der Waals surface area (Å²) >= 11 is 6.23. The summed E-state index contributed by atoms with van der Waals surface area (Å²) in [7, 11) is 0. The highest BCUT2D eigenvalue weighted by Gasteiger charge is 2.31. The molecule has 0 aliphatic carbocycles. The highest BCUT2D eigenvalue weighted by molar-refractivity contribution is 6.29. The predicted molar refractivity (Wildman–Crippen MR) is 132 cm³/mol. The maximum absolute atomic E-state index is 13.5. The van der Waals surface area contributed by atoms with Crippen molar-refractivity contribution < 1.29 is 18.0 Å². The molecule has 0 atom stereocenters. The molecule has 2 aromatic carbocycles. The minimum absolute atomic E-state index is 0.0127. The molecular weight excluding hydrogens is 505 g/mol. The summed E-state index contributed by atoms with van der Waals surface area (Å²) in [5.41, 5.74) is 1.39. The van der Waals surface area contributed by atoms with Gasteiger partial charge in [0.2, 0.25) is 5.82 Å². The van der Waals surface area contributed by atoms with Crippen LogP contribution < -0.4 is 5.32 Å². The van der Waals surface area contributed by atoms with E-state index < -0.39 is 17.6 Å². The standard InChI is InChI=1S/C26H16ClF3N6O/c1-16-5-6-18(11-17(16)7-8-24-34-33-23-4-2-3-22(27)36(23)24)25(37)32-20-12-19(26(28,29)30)13-21(14-20)35-10-9-31-15-35/h2-6,9-15H,1H3,(H,32,37). The summed E-state index contributed by atoms with van der Waals surface area (Å²) in [4.78, 5) is 16.9. The van der Waals surface area contributed by atoms with E-state index in [0.717, 1.165) is 17.7 Å². The summed E-state index contributed by atoms with van der Waals surface area (Å²) in [6.07, 6.45) is -0.267. The number of alkyl halides is 3. The van der Waals surface area contributed by atoms with Gasteiger partial charge in [-0.2, -0.15) is 13.2 Å². The van der Waals surface area contributed by atoms with E-state index in [1.54, 1.807) is 40.8 Å². The van der Waals surface area contributed by atoms with E-state index in [1.165, 1.54) is 29.4 Å². The van der Waals surface area contributed by atoms with Gasteiger partial charge in [0, 0.05) is 34.9 Å². The number of aryl methyl sites for hydroxylation is 1. The third-order valence-corrected chi connectivity index (χ3v) is 5.79. The van der Waals surface area contributed by atoms with Crippen LogP contribution in [0.25, 0.3) is 11.3 Å². The molecule has 184 valence electrons. The zero-order valence-electron chi connectivity index (χ0n) is 19.1. The molecule has 1 N–H and O–H groups in total. The number of carbonyl (C=O) groups is 1. The van der Waals surface area contributed by atoms with Crippen molar-refractivity contribution in [1.29, 1.82) is 0 Å². The lowest BCUT2D eigenvalue weighted by Crippen LogP contribution is -2.14. The molecular formula is C26H16ClF3N6O. The molecule has 7 nitrogen and oxygen atoms in total. The Labute approximate surface area is 213 Å². The fraction of sp³-hybridized carbons (Fsp3) is 0.0769. The van der Waals surface area contributed by atoms with Gasteiger partial charge in [-0.25, -0.2) is 4.98 Å². The van der Waals surface area contributed by atoms with Crippen molar-refractivity contribution in [2.24, 2.45) is 0 Å². The van der Waals surface area contributed by atoms with Gasteiger partial charge in [-0.05, 0) is 60.9 Å². The Kier molecular flexibility index (Phi) is 6.15. The van der Waals surface area contributed by atoms with E-state index in [2.05, 4.69) is 32.3 Å². The van der Waals surface area contributed by atoms with Crippen molar-refractivity contribution >= 4 is 28.8 Å². The molecule has 0 spiro atoms. The quantitative estimate of drug-likeness (QED) is 0.250. The second-order valence-corrected chi connectivity index (χ2v) is 8.42. The highest BCUT2D eigenvalue weighted by Crippen LogP contribution is 2.33. The Hall–Kier alpha value is -4.62. The van der Waals surface area contributed by atoms with Crippen LogP contribution in [0, 0.1) is 18.8 Å². The van der Waals surface area contributed by atoms with Crippen molar-refractivity contribution in [2.75, 3.05) is 5.32 Å². The summed E-state index contributed by atoms with van der Waals surface area (Å²) in [5, 5.41) is 11.0. The van der Waals surface area contributed by atoms with Crippen LogP contribution in [0.4, 0.5) is 18.9 Å². The van der Waals surface area contributed by atoms with Crippen molar-refractivity contribution in [1.82, 2.24) is 24.1 Å². The summed E-state index contributed by atoms with van der Waals surface area (Å²) < 4.78 is 43.5. The first kappa shape index (κ1) is 24.1. The topological polar surface area (TPSA) is 77.1 Å². The summed E-state index contributed by atoms with van der Waals surface area (Å²) in [5.74, 6) is 5.63. The third-order valence-electron chi connectivity index (χ3n) is 5.49. The van der Waals surface area contributed by atoms with Crippen molar-refractivity contribution in [3.63, 3.8) is 0 Å². The number of anilines is 1. The molecule has 5 rings (SSSR count). The largest absolute Gasteiger partial charge is 0.416 e. The number of fused-ring (bicyclic) bond motifs is 1. The number of carbonyl (C=O) groups excluding carboxylic acids is 1. The monoisotopic (exact) mass is 520 g/mol. The van der Waals surface area contributed by atoms with Crippen LogP contribution in [0.2, 0.25) is 5.15 Å². The average Bonchev–Trinajstić information content (AvgIpc) is 3.54. The van der Waals surface area contributed by atoms with Gasteiger partial charge in [-0.3, -0.25) is 9.20 Å². The Balaban J connectivity index is 1.45. The molecule has 0 unspecified atom stereocenters. The second-order valence-electron chi connectivity index (χ2n) is 8.04. The summed E-state index contributed by atoms with van der Waals surface area (Å²) in [6, 6.07) is 13.3. The Morgan fingerprint density at radius 2 is 1.89 bits per heavy atom. The lowest BCUT2D eigenvalue weighted by Gasteiger charge is -2.14. The first-order chi connectivity index (χ1) is 17.7. The smallest absolute Gasteiger partial charge is 0.322 e. The number of aromatic nitrogens is 5. The predicted octanol–water partition coefficient (Wildman–Crippen LogP) is 5.55. The lowest BCUT2D eigenvalue weighted by molar-refractivity contribution is -0.137. The first-order valence-electron chi connectivity index (χ1n) is 10.8. The fourth-order valence-electron chi connectivity index (χ4n) is 3.62. The van der Waals surface area contributed by atoms with E-state index in [4.69, 9.17) is 11.6 Å². The highest BCUT2D eigenvalue weighted by atomic mass is 35.5. The van der Waals surface area contributed by atoms with Gasteiger partial charge in [0.15, 0.2) is 5.65 Å². The zero-order valence-corrected chi connectivity index (χ0v) is 19.8. The number of nitrogens with zero attached hydrogens (tertiary/aromatic N) is 5. The molecule has 5 aromatic rings. The normalized spacial score (nSPS) is 11.3. The number of halogens is 4. The molecule has 0 fully saturated rings. The summed E-state index contributed by atoms with van der Waals surface area (Å²) in [6.45, 7) is 1.82. The fourth-order valence-corrected chi connectivity index (χ4v) is 3.86. The van der Waals surface area contributed by atoms with Gasteiger partial charge in [0.1, 0.15) is 5.15 Å². The van der Waals surface area contributed by atoms with Gasteiger partial charge in [-0.1, -0.05) is 29.7 Å². The van der Waals surface area contributed by atoms with Crippen LogP contribution in [0.3, 0.4) is 0 Å². The maximum Gasteiger partial charge on any atom is 0.416 e. The minimum atomic E-state index is -4.60. The number of hydrogen-bond acceptors (Lipinski definition) is 4. The van der Waals surface area contributed by atoms with Crippen LogP contribution in [0.5, 0.6) is 0 Å². The lowest BCUT2D eigenvalue weighted by atomic mass is 10.0. The van der Waals surface area contributed by atoms with Gasteiger partial charge in [-0.15, -0.1) is 10.2 Å². The maximum atomic E-state index is 13.5. The SMILES string of the molecule is Cc1ccc(C(=O)Nc2cc(-n3ccnc3)cc(C(F)(F)F)c2)cc1C#Cc1nnc2cccc(Cl)n12. The van der Waals surface area contributed by atoms with Gasteiger partial charge >= 0.3 is 6.18 Å². The Morgan fingerprint density at radius 3 is 2.65 bits per heavy atom. The van der Waals surface area contributed by atoms with Gasteiger partial charge in [0.25, 0.3) is 5.91 Å². The van der Waals surface area contributed by atoms with E-state index in [1.807, 2.05) is 6.92 Å². The Morgan fingerprint density at radius 1 is 1.05 bits per heavy atom. The molecule has 1 amide bonds. The number of hydrogen-bond donors (Lipinski definition) is 1. The van der Waals surface area contributed by atoms with Crippen LogP contribution in [0.1, 0.15) is 32.9 Å². The van der Waals surface area contributed by atoms with E-state index in [9.17, 15) is 18.0 Å². The number of amides is 1. The van der Waals surface area contributed by atoms with Crippen molar-refractivity contribution in [2.45, 2.75) is 13.1 Å². The van der Waals surface area contributed by atoms with Crippen LogP contribution in [-0.2, 0) is 6.18 Å². The first-order valence-corrected chi connectivity index (χ1v) is 11.2. The van der Waals surface area contributed by atoms with E-state index >= 15 is 0 Å². The van der Waals surface area contributed by atoms with E-state index in [-0.39, 0.29) is 16.9 Å². The Bertz CT molecular complexity index is 1700. The third kappa shape index (κ3) is 5.03. The molecule has 0 aliphatic rings. The molecule has 37 heavy (non-hydrogen) atoms. The molecule has 0 aliphatic heterocycles. The minimum Gasteiger partial charge on any atom is -0.322 e. The zero-order chi connectivity index (χ0) is 26.2. The molecule has 3 aromatic heterocycles.